The second-order valence-corrected chi connectivity index (χ2v) is 17.0. The molecule has 8 rings (SSSR count). The lowest BCUT2D eigenvalue weighted by molar-refractivity contribution is -0.250. The molecule has 6 heterocycles. The topological polar surface area (TPSA) is 192 Å². The number of piperazine rings is 1. The van der Waals surface area contributed by atoms with E-state index in [1.807, 2.05) is 33.9 Å². The zero-order chi connectivity index (χ0) is 44.7. The number of rotatable bonds is 5. The van der Waals surface area contributed by atoms with Crippen molar-refractivity contribution in [3.8, 4) is 11.5 Å². The summed E-state index contributed by atoms with van der Waals surface area (Å²) in [6, 6.07) is 0. The minimum Gasteiger partial charge on any atom is -0.496 e. The standard InChI is InChI=1S/C45H58N4O12/c1-23-13-12-15-44(7)27(5)39(60-44)25(3)36(51)24(2)31(59-28(6)50)21-29(56-10)14-20-58-45(8)42(54)34-32-33(40(57-11)26(4)41(34)61-45)38(53)35(47-43(23)55)30(37(32)52)22-46-49-18-16-48(9)17-19-49/h12-15,20,22,24-25,27,29,31,36,39,51H,16-19,21H2,1-11H3,(H,47,55)/b15-12+,20-14+,23-13-,46-22+/t24-,25-,27+,29-,31+,36-,39+,44-,45-/m0/s1. The first-order valence-electron chi connectivity index (χ1n) is 20.6. The van der Waals surface area contributed by atoms with E-state index in [0.717, 1.165) is 13.1 Å². The number of benzene rings is 1. The molecular formula is C45H58N4O12. The number of aliphatic hydroxyl groups excluding tert-OH is 1. The van der Waals surface area contributed by atoms with E-state index in [2.05, 4.69) is 15.3 Å². The molecule has 0 radical (unpaired) electrons. The van der Waals surface area contributed by atoms with E-state index < -0.39 is 64.8 Å². The average Bonchev–Trinajstić information content (AvgIpc) is 3.49. The van der Waals surface area contributed by atoms with Crippen LogP contribution in [0.25, 0.3) is 0 Å². The summed E-state index contributed by atoms with van der Waals surface area (Å²) in [5.41, 5.74) is -1.45. The molecule has 2 N–H and O–H groups in total. The number of methoxy groups -OCH3 is 2. The van der Waals surface area contributed by atoms with E-state index in [1.165, 1.54) is 46.6 Å². The molecule has 16 nitrogen and oxygen atoms in total. The van der Waals surface area contributed by atoms with E-state index in [9.17, 15) is 29.1 Å². The number of carbonyl (C=O) groups excluding carboxylic acids is 5. The molecule has 0 saturated carbocycles. The highest BCUT2D eigenvalue weighted by molar-refractivity contribution is 6.37. The van der Waals surface area contributed by atoms with Crippen LogP contribution in [0.2, 0.25) is 0 Å². The largest absolute Gasteiger partial charge is 0.496 e. The molecule has 1 aromatic rings. The summed E-state index contributed by atoms with van der Waals surface area (Å²) in [5.74, 6) is -6.44. The van der Waals surface area contributed by atoms with E-state index in [1.54, 1.807) is 37.9 Å². The van der Waals surface area contributed by atoms with Crippen LogP contribution in [0.3, 0.4) is 0 Å². The molecule has 1 aromatic carbocycles. The average molecular weight is 847 g/mol. The van der Waals surface area contributed by atoms with Gasteiger partial charge in [-0.3, -0.25) is 29.0 Å². The number of nitrogens with one attached hydrogen (secondary N) is 1. The second-order valence-electron chi connectivity index (χ2n) is 17.0. The monoisotopic (exact) mass is 846 g/mol. The SMILES string of the molecule is COc1c(C)c2c3c4c1C(=O)C(=C(/C=N/N1CCN(C)CC1)C4=O)NC(=O)/C(C)=C\C=C\[C@]1(C)O[C@H]([C@@H](C)[C@@H](O)[C@@H](C)[C@H](OC(C)=O)C[C@@H](OC)/C=C/O[C@@](C)(O2)C3=O)[C@H]1C. The first-order valence-corrected chi connectivity index (χ1v) is 20.6. The number of Topliss-reactive ketones (excluding diaryl/α,β-unsaturated/α-hetero) is 3. The predicted octanol–water partition coefficient (Wildman–Crippen LogP) is 4.09. The van der Waals surface area contributed by atoms with Gasteiger partial charge in [0.15, 0.2) is 5.78 Å². The molecule has 2 fully saturated rings. The number of fused-ring (bicyclic) bond motifs is 1. The van der Waals surface area contributed by atoms with Crippen LogP contribution >= 0.6 is 0 Å². The van der Waals surface area contributed by atoms with Gasteiger partial charge in [0.2, 0.25) is 5.78 Å². The highest BCUT2D eigenvalue weighted by atomic mass is 16.7. The summed E-state index contributed by atoms with van der Waals surface area (Å²) in [4.78, 5) is 72.4. The normalized spacial score (nSPS) is 34.5. The Morgan fingerprint density at radius 1 is 1.00 bits per heavy atom. The lowest BCUT2D eigenvalue weighted by atomic mass is 9.71. The Morgan fingerprint density at radius 3 is 2.31 bits per heavy atom. The number of hydrogen-bond donors (Lipinski definition) is 2. The van der Waals surface area contributed by atoms with Gasteiger partial charge in [-0.1, -0.05) is 39.0 Å². The Kier molecular flexibility index (Phi) is 13.1. The third-order valence-electron chi connectivity index (χ3n) is 12.8. The summed E-state index contributed by atoms with van der Waals surface area (Å²) in [6.45, 7) is 16.0. The first-order chi connectivity index (χ1) is 28.8. The van der Waals surface area contributed by atoms with Gasteiger partial charge in [0.05, 0.1) is 65.8 Å². The molecule has 330 valence electrons. The van der Waals surface area contributed by atoms with Crippen molar-refractivity contribution >= 4 is 35.4 Å². The summed E-state index contributed by atoms with van der Waals surface area (Å²) in [5, 5.41) is 20.6. The van der Waals surface area contributed by atoms with Crippen molar-refractivity contribution in [2.24, 2.45) is 22.9 Å². The summed E-state index contributed by atoms with van der Waals surface area (Å²) in [7, 11) is 4.78. The maximum absolute atomic E-state index is 14.8. The minimum atomic E-state index is -2.01. The Bertz CT molecular complexity index is 2130. The van der Waals surface area contributed by atoms with Gasteiger partial charge in [-0.15, -0.1) is 0 Å². The van der Waals surface area contributed by atoms with Crippen molar-refractivity contribution in [3.05, 3.63) is 69.7 Å². The number of allylic oxidation sites excluding steroid dienone is 4. The van der Waals surface area contributed by atoms with Crippen LogP contribution in [0.5, 0.6) is 11.5 Å². The number of carbonyl (C=O) groups is 5. The molecule has 0 aromatic heterocycles. The fourth-order valence-corrected chi connectivity index (χ4v) is 8.61. The van der Waals surface area contributed by atoms with Crippen LogP contribution in [-0.4, -0.2) is 134 Å². The lowest BCUT2D eigenvalue weighted by Crippen LogP contribution is -2.60. The van der Waals surface area contributed by atoms with Crippen LogP contribution in [0, 0.1) is 24.7 Å². The van der Waals surface area contributed by atoms with Crippen molar-refractivity contribution in [2.45, 2.75) is 97.6 Å². The lowest BCUT2D eigenvalue weighted by Gasteiger charge is -2.54. The van der Waals surface area contributed by atoms with Crippen LogP contribution in [-0.2, 0) is 28.5 Å². The Hall–Kier alpha value is -5.16. The quantitative estimate of drug-likeness (QED) is 0.318. The summed E-state index contributed by atoms with van der Waals surface area (Å²) in [6.07, 6.45) is 6.44. The fraction of sp³-hybridized carbons (Fsp3) is 0.556. The molecule has 16 heteroatoms. The van der Waals surface area contributed by atoms with Crippen molar-refractivity contribution in [1.29, 1.82) is 0 Å². The molecule has 1 aliphatic carbocycles. The van der Waals surface area contributed by atoms with Gasteiger partial charge in [-0.05, 0) is 33.9 Å². The maximum atomic E-state index is 14.8. The van der Waals surface area contributed by atoms with Gasteiger partial charge in [0.1, 0.15) is 23.3 Å². The van der Waals surface area contributed by atoms with Crippen LogP contribution in [0.15, 0.2) is 52.5 Å². The van der Waals surface area contributed by atoms with Gasteiger partial charge in [-0.2, -0.15) is 5.10 Å². The molecule has 6 aliphatic heterocycles. The molecule has 2 saturated heterocycles. The molecule has 9 atom stereocenters. The van der Waals surface area contributed by atoms with Crippen LogP contribution in [0.4, 0.5) is 0 Å². The number of ketones is 3. The van der Waals surface area contributed by atoms with Crippen LogP contribution in [0.1, 0.15) is 91.5 Å². The third-order valence-corrected chi connectivity index (χ3v) is 12.8. The smallest absolute Gasteiger partial charge is 0.312 e. The Morgan fingerprint density at radius 2 is 1.69 bits per heavy atom. The number of esters is 1. The summed E-state index contributed by atoms with van der Waals surface area (Å²) < 4.78 is 35.8. The van der Waals surface area contributed by atoms with Crippen molar-refractivity contribution in [1.82, 2.24) is 15.2 Å². The fourth-order valence-electron chi connectivity index (χ4n) is 8.61. The molecule has 7 bridgehead atoms. The van der Waals surface area contributed by atoms with Crippen molar-refractivity contribution in [3.63, 3.8) is 0 Å². The minimum absolute atomic E-state index is 0.00677. The number of amides is 1. The zero-order valence-electron chi connectivity index (χ0n) is 36.8. The third kappa shape index (κ3) is 8.55. The molecule has 7 aliphatic rings. The van der Waals surface area contributed by atoms with E-state index in [4.69, 9.17) is 28.4 Å². The van der Waals surface area contributed by atoms with Gasteiger partial charge in [0, 0.05) is 82.4 Å². The highest BCUT2D eigenvalue weighted by Crippen LogP contribution is 2.49. The molecular weight excluding hydrogens is 789 g/mol. The van der Waals surface area contributed by atoms with Gasteiger partial charge in [-0.25, -0.2) is 0 Å². The van der Waals surface area contributed by atoms with Crippen molar-refractivity contribution in [2.75, 3.05) is 47.4 Å². The number of hydrogen-bond acceptors (Lipinski definition) is 15. The number of likely N-dealkylation sites (N-methyl/N-ethyl adjacent to an activating group) is 1. The van der Waals surface area contributed by atoms with Gasteiger partial charge in [0.25, 0.3) is 11.7 Å². The number of nitrogens with zero attached hydrogens (tertiary/aromatic N) is 3. The molecule has 0 unspecified atom stereocenters. The molecule has 0 spiro atoms. The van der Waals surface area contributed by atoms with E-state index in [-0.39, 0.29) is 75.0 Å². The zero-order valence-corrected chi connectivity index (χ0v) is 36.8. The van der Waals surface area contributed by atoms with Crippen molar-refractivity contribution < 1.29 is 57.5 Å². The number of aliphatic hydroxyl groups is 1. The second kappa shape index (κ2) is 17.7. The Balaban J connectivity index is 1.47. The molecule has 1 amide bonds. The predicted molar refractivity (Wildman–Crippen MR) is 223 cm³/mol. The van der Waals surface area contributed by atoms with Gasteiger partial charge >= 0.3 is 11.8 Å². The maximum Gasteiger partial charge on any atom is 0.312 e. The first kappa shape index (κ1) is 45.4. The van der Waals surface area contributed by atoms with E-state index in [0.29, 0.717) is 13.1 Å². The van der Waals surface area contributed by atoms with Gasteiger partial charge < -0.3 is 43.7 Å². The van der Waals surface area contributed by atoms with Crippen LogP contribution < -0.4 is 14.8 Å². The summed E-state index contributed by atoms with van der Waals surface area (Å²) >= 11 is 0. The number of hydrazone groups is 1. The van der Waals surface area contributed by atoms with E-state index >= 15 is 0 Å². The molecule has 61 heavy (non-hydrogen) atoms. The highest BCUT2D eigenvalue weighted by Gasteiger charge is 2.54. The Labute approximate surface area is 356 Å². The number of ether oxygens (including phenoxy) is 6.